The van der Waals surface area contributed by atoms with Crippen molar-refractivity contribution in [3.8, 4) is 0 Å². The van der Waals surface area contributed by atoms with Crippen molar-refractivity contribution >= 4 is 22.7 Å². The fourth-order valence-corrected chi connectivity index (χ4v) is 2.52. The molecular weight excluding hydrogens is 290 g/mol. The second-order valence-electron chi connectivity index (χ2n) is 5.36. The van der Waals surface area contributed by atoms with Gasteiger partial charge in [0.05, 0.1) is 5.52 Å². The first-order chi connectivity index (χ1) is 11.1. The van der Waals surface area contributed by atoms with Gasteiger partial charge in [-0.15, -0.1) is 0 Å². The quantitative estimate of drug-likeness (QED) is 0.758. The molecule has 3 aromatic rings. The van der Waals surface area contributed by atoms with Crippen LogP contribution in [-0.2, 0) is 11.2 Å². The molecule has 2 aromatic carbocycles. The number of aromatic nitrogens is 2. The first kappa shape index (κ1) is 15.0. The summed E-state index contributed by atoms with van der Waals surface area (Å²) in [5.74, 6) is 0.251. The van der Waals surface area contributed by atoms with Gasteiger partial charge in [0.25, 0.3) is 0 Å². The molecule has 1 heterocycles. The zero-order chi connectivity index (χ0) is 16.2. The van der Waals surface area contributed by atoms with Crippen LogP contribution in [0.5, 0.6) is 0 Å². The van der Waals surface area contributed by atoms with Gasteiger partial charge >= 0.3 is 5.97 Å². The molecule has 0 aliphatic heterocycles. The van der Waals surface area contributed by atoms with E-state index in [-0.39, 0.29) is 0 Å². The van der Waals surface area contributed by atoms with E-state index >= 15 is 0 Å². The van der Waals surface area contributed by atoms with Crippen LogP contribution in [0.15, 0.2) is 54.6 Å². The molecule has 0 amide bonds. The van der Waals surface area contributed by atoms with E-state index in [1.165, 1.54) is 0 Å². The number of anilines is 1. The highest BCUT2D eigenvalue weighted by molar-refractivity contribution is 5.90. The summed E-state index contributed by atoms with van der Waals surface area (Å²) in [5, 5.41) is 13.4. The standard InChI is InChI=1S/C18H17N3O2/c1-12-19-15-10-6-5-9-14(15)17(20-12)21-16(18(22)23)11-13-7-3-2-4-8-13/h2-10,16H,11H2,1H3,(H,22,23)(H,19,20,21)/t16-/m0/s1. The van der Waals surface area contributed by atoms with E-state index in [0.717, 1.165) is 16.5 Å². The number of rotatable bonds is 5. The lowest BCUT2D eigenvalue weighted by Gasteiger charge is -2.17. The number of nitrogens with zero attached hydrogens (tertiary/aromatic N) is 2. The number of carbonyl (C=O) groups is 1. The van der Waals surface area contributed by atoms with E-state index < -0.39 is 12.0 Å². The summed E-state index contributed by atoms with van der Waals surface area (Å²) >= 11 is 0. The summed E-state index contributed by atoms with van der Waals surface area (Å²) in [7, 11) is 0. The third-order valence-electron chi connectivity index (χ3n) is 3.61. The Balaban J connectivity index is 1.93. The molecule has 0 saturated heterocycles. The second kappa shape index (κ2) is 6.44. The van der Waals surface area contributed by atoms with E-state index in [1.54, 1.807) is 6.92 Å². The van der Waals surface area contributed by atoms with Crippen molar-refractivity contribution in [3.05, 3.63) is 66.0 Å². The first-order valence-corrected chi connectivity index (χ1v) is 7.40. The number of carboxylic acids is 1. The normalized spacial score (nSPS) is 12.0. The Hall–Kier alpha value is -2.95. The highest BCUT2D eigenvalue weighted by Crippen LogP contribution is 2.21. The van der Waals surface area contributed by atoms with E-state index in [1.807, 2.05) is 54.6 Å². The van der Waals surface area contributed by atoms with Crippen LogP contribution in [-0.4, -0.2) is 27.1 Å². The third-order valence-corrected chi connectivity index (χ3v) is 3.61. The van der Waals surface area contributed by atoms with Crippen LogP contribution in [0.2, 0.25) is 0 Å². The average Bonchev–Trinajstić information content (AvgIpc) is 2.55. The third kappa shape index (κ3) is 3.45. The van der Waals surface area contributed by atoms with Crippen LogP contribution in [0.1, 0.15) is 11.4 Å². The maximum Gasteiger partial charge on any atom is 0.326 e. The number of hydrogen-bond acceptors (Lipinski definition) is 4. The minimum absolute atomic E-state index is 0.382. The predicted molar refractivity (Wildman–Crippen MR) is 89.5 cm³/mol. The summed E-state index contributed by atoms with van der Waals surface area (Å²) in [5.41, 5.74) is 1.76. The van der Waals surface area contributed by atoms with Crippen molar-refractivity contribution in [1.82, 2.24) is 9.97 Å². The van der Waals surface area contributed by atoms with Crippen LogP contribution >= 0.6 is 0 Å². The second-order valence-corrected chi connectivity index (χ2v) is 5.36. The van der Waals surface area contributed by atoms with Crippen molar-refractivity contribution in [3.63, 3.8) is 0 Å². The topological polar surface area (TPSA) is 75.1 Å². The van der Waals surface area contributed by atoms with Crippen molar-refractivity contribution in [2.45, 2.75) is 19.4 Å². The molecule has 5 nitrogen and oxygen atoms in total. The molecule has 3 rings (SSSR count). The minimum atomic E-state index is -0.908. The number of para-hydroxylation sites is 1. The molecule has 0 saturated carbocycles. The molecule has 0 unspecified atom stereocenters. The van der Waals surface area contributed by atoms with Gasteiger partial charge in [0.2, 0.25) is 0 Å². The Morgan fingerprint density at radius 3 is 2.52 bits per heavy atom. The van der Waals surface area contributed by atoms with Gasteiger partial charge in [-0.1, -0.05) is 42.5 Å². The van der Waals surface area contributed by atoms with Gasteiger partial charge in [-0.2, -0.15) is 0 Å². The van der Waals surface area contributed by atoms with E-state index in [0.29, 0.717) is 18.1 Å². The zero-order valence-corrected chi connectivity index (χ0v) is 12.7. The molecule has 2 N–H and O–H groups in total. The summed E-state index contributed by atoms with van der Waals surface area (Å²) in [4.78, 5) is 20.4. The molecule has 116 valence electrons. The molecule has 23 heavy (non-hydrogen) atoms. The molecule has 0 aliphatic rings. The van der Waals surface area contributed by atoms with Crippen LogP contribution < -0.4 is 5.32 Å². The molecule has 0 bridgehead atoms. The largest absolute Gasteiger partial charge is 0.480 e. The van der Waals surface area contributed by atoms with Gasteiger partial charge in [0, 0.05) is 11.8 Å². The highest BCUT2D eigenvalue weighted by Gasteiger charge is 2.19. The molecule has 0 spiro atoms. The Kier molecular flexibility index (Phi) is 4.19. The monoisotopic (exact) mass is 307 g/mol. The predicted octanol–water partition coefficient (Wildman–Crippen LogP) is 3.05. The smallest absolute Gasteiger partial charge is 0.326 e. The highest BCUT2D eigenvalue weighted by atomic mass is 16.4. The average molecular weight is 307 g/mol. The van der Waals surface area contributed by atoms with E-state index in [4.69, 9.17) is 0 Å². The van der Waals surface area contributed by atoms with Gasteiger partial charge in [0.1, 0.15) is 17.7 Å². The van der Waals surface area contributed by atoms with E-state index in [9.17, 15) is 9.90 Å². The lowest BCUT2D eigenvalue weighted by atomic mass is 10.1. The molecule has 5 heteroatoms. The van der Waals surface area contributed by atoms with Gasteiger partial charge < -0.3 is 10.4 Å². The molecule has 0 aliphatic carbocycles. The number of aliphatic carboxylic acids is 1. The number of nitrogens with one attached hydrogen (secondary N) is 1. The van der Waals surface area contributed by atoms with Crippen molar-refractivity contribution < 1.29 is 9.90 Å². The number of aryl methyl sites for hydroxylation is 1. The van der Waals surface area contributed by atoms with Gasteiger partial charge in [-0.25, -0.2) is 14.8 Å². The fourth-order valence-electron chi connectivity index (χ4n) is 2.52. The summed E-state index contributed by atoms with van der Waals surface area (Å²) in [6.45, 7) is 1.80. The SMILES string of the molecule is Cc1nc(N[C@@H](Cc2ccccc2)C(=O)O)c2ccccc2n1. The van der Waals surface area contributed by atoms with Crippen molar-refractivity contribution in [2.75, 3.05) is 5.32 Å². The lowest BCUT2D eigenvalue weighted by Crippen LogP contribution is -2.32. The van der Waals surface area contributed by atoms with Gasteiger partial charge in [-0.05, 0) is 24.6 Å². The summed E-state index contributed by atoms with van der Waals surface area (Å²) in [6, 6.07) is 16.4. The van der Waals surface area contributed by atoms with E-state index in [2.05, 4.69) is 15.3 Å². The molecule has 0 fully saturated rings. The fraction of sp³-hybridized carbons (Fsp3) is 0.167. The Morgan fingerprint density at radius 2 is 1.78 bits per heavy atom. The minimum Gasteiger partial charge on any atom is -0.480 e. The molecule has 1 atom stereocenters. The lowest BCUT2D eigenvalue weighted by molar-refractivity contribution is -0.137. The molecule has 0 radical (unpaired) electrons. The van der Waals surface area contributed by atoms with Crippen molar-refractivity contribution in [2.24, 2.45) is 0 Å². The summed E-state index contributed by atoms with van der Waals surface area (Å²) in [6.07, 6.45) is 0.382. The maximum absolute atomic E-state index is 11.6. The Bertz CT molecular complexity index is 834. The number of fused-ring (bicyclic) bond motifs is 1. The van der Waals surface area contributed by atoms with Crippen LogP contribution in [0.25, 0.3) is 10.9 Å². The van der Waals surface area contributed by atoms with Crippen LogP contribution in [0.4, 0.5) is 5.82 Å². The van der Waals surface area contributed by atoms with Gasteiger partial charge in [0.15, 0.2) is 0 Å². The number of carboxylic acid groups (broad SMARTS) is 1. The Morgan fingerprint density at radius 1 is 1.09 bits per heavy atom. The summed E-state index contributed by atoms with van der Waals surface area (Å²) < 4.78 is 0. The number of benzene rings is 2. The van der Waals surface area contributed by atoms with Crippen LogP contribution in [0.3, 0.4) is 0 Å². The number of hydrogen-bond donors (Lipinski definition) is 2. The maximum atomic E-state index is 11.6. The first-order valence-electron chi connectivity index (χ1n) is 7.40. The molecule has 1 aromatic heterocycles. The Labute approximate surface area is 134 Å². The van der Waals surface area contributed by atoms with Gasteiger partial charge in [-0.3, -0.25) is 0 Å². The van der Waals surface area contributed by atoms with Crippen molar-refractivity contribution in [1.29, 1.82) is 0 Å². The molecular formula is C18H17N3O2. The zero-order valence-electron chi connectivity index (χ0n) is 12.7. The van der Waals surface area contributed by atoms with Crippen LogP contribution in [0, 0.1) is 6.92 Å².